The third kappa shape index (κ3) is 4.13. The Balaban J connectivity index is 1.97. The van der Waals surface area contributed by atoms with E-state index in [0.717, 1.165) is 21.7 Å². The minimum atomic E-state index is 0.0591. The molecule has 1 heterocycles. The Morgan fingerprint density at radius 1 is 1.35 bits per heavy atom. The molecular formula is C15H17BrN2O2. The molecule has 0 aliphatic rings. The smallest absolute Gasteiger partial charge is 0.219 e. The third-order valence-electron chi connectivity index (χ3n) is 2.98. The molecule has 106 valence electrons. The molecule has 0 radical (unpaired) electrons. The molecule has 1 aromatic heterocycles. The first-order valence-corrected chi connectivity index (χ1v) is 7.12. The highest BCUT2D eigenvalue weighted by atomic mass is 79.9. The van der Waals surface area contributed by atoms with Gasteiger partial charge in [0, 0.05) is 26.2 Å². The number of carbonyl (C=O) groups excluding carboxylic acids is 1. The second-order valence-electron chi connectivity index (χ2n) is 4.63. The zero-order valence-corrected chi connectivity index (χ0v) is 13.1. The largest absolute Gasteiger partial charge is 0.452 e. The number of carbonyl (C=O) groups is 1. The van der Waals surface area contributed by atoms with Crippen molar-refractivity contribution in [2.75, 3.05) is 12.4 Å². The van der Waals surface area contributed by atoms with Crippen LogP contribution in [0.2, 0.25) is 0 Å². The van der Waals surface area contributed by atoms with Gasteiger partial charge >= 0.3 is 0 Å². The Kier molecular flexibility index (Phi) is 4.84. The van der Waals surface area contributed by atoms with Gasteiger partial charge < -0.3 is 14.6 Å². The second-order valence-corrected chi connectivity index (χ2v) is 5.42. The Morgan fingerprint density at radius 3 is 2.80 bits per heavy atom. The Labute approximate surface area is 126 Å². The van der Waals surface area contributed by atoms with Gasteiger partial charge in [-0.05, 0) is 45.8 Å². The highest BCUT2D eigenvalue weighted by Crippen LogP contribution is 2.17. The summed E-state index contributed by atoms with van der Waals surface area (Å²) in [5, 5.41) is 3.30. The summed E-state index contributed by atoms with van der Waals surface area (Å²) in [5.41, 5.74) is 2.10. The lowest BCUT2D eigenvalue weighted by Gasteiger charge is -2.15. The fourth-order valence-electron chi connectivity index (χ4n) is 1.80. The third-order valence-corrected chi connectivity index (χ3v) is 3.41. The van der Waals surface area contributed by atoms with Crippen LogP contribution in [0.1, 0.15) is 18.2 Å². The van der Waals surface area contributed by atoms with Crippen molar-refractivity contribution in [3.05, 3.63) is 52.4 Å². The Hall–Kier alpha value is -1.75. The highest BCUT2D eigenvalue weighted by Gasteiger charge is 2.04. The number of halogens is 1. The van der Waals surface area contributed by atoms with Gasteiger partial charge in [0.15, 0.2) is 4.67 Å². The van der Waals surface area contributed by atoms with Crippen molar-refractivity contribution in [3.8, 4) is 0 Å². The van der Waals surface area contributed by atoms with Crippen LogP contribution in [-0.4, -0.2) is 17.9 Å². The summed E-state index contributed by atoms with van der Waals surface area (Å²) in [7, 11) is 1.79. The first kappa shape index (κ1) is 14.7. The molecule has 0 spiro atoms. The van der Waals surface area contributed by atoms with Crippen molar-refractivity contribution in [1.82, 2.24) is 4.90 Å². The molecule has 0 aliphatic carbocycles. The maximum Gasteiger partial charge on any atom is 0.219 e. The number of amides is 1. The van der Waals surface area contributed by atoms with Crippen molar-refractivity contribution < 1.29 is 9.21 Å². The van der Waals surface area contributed by atoms with E-state index in [1.165, 1.54) is 0 Å². The lowest BCUT2D eigenvalue weighted by molar-refractivity contribution is -0.128. The standard InChI is InChI=1S/C15H17BrN2O2/c1-11(19)18(2)10-12-4-3-5-13(8-12)17-9-14-6-7-15(16)20-14/h3-8,17H,9-10H2,1-2H3. The Bertz CT molecular complexity index is 595. The van der Waals surface area contributed by atoms with Gasteiger partial charge in [-0.15, -0.1) is 0 Å². The summed E-state index contributed by atoms with van der Waals surface area (Å²) in [6, 6.07) is 11.8. The average molecular weight is 337 g/mol. The minimum Gasteiger partial charge on any atom is -0.452 e. The number of nitrogens with zero attached hydrogens (tertiary/aromatic N) is 1. The molecule has 2 aromatic rings. The molecule has 0 saturated heterocycles. The molecule has 4 nitrogen and oxygen atoms in total. The van der Waals surface area contributed by atoms with Crippen LogP contribution in [0.25, 0.3) is 0 Å². The maximum atomic E-state index is 11.2. The van der Waals surface area contributed by atoms with E-state index >= 15 is 0 Å². The zero-order valence-electron chi connectivity index (χ0n) is 11.5. The first-order chi connectivity index (χ1) is 9.54. The van der Waals surface area contributed by atoms with E-state index in [2.05, 4.69) is 21.2 Å². The van der Waals surface area contributed by atoms with Crippen molar-refractivity contribution in [2.45, 2.75) is 20.0 Å². The number of furan rings is 1. The maximum absolute atomic E-state index is 11.2. The lowest BCUT2D eigenvalue weighted by Crippen LogP contribution is -2.22. The SMILES string of the molecule is CC(=O)N(C)Cc1cccc(NCc2ccc(Br)o2)c1. The van der Waals surface area contributed by atoms with Gasteiger partial charge in [0.1, 0.15) is 5.76 Å². The van der Waals surface area contributed by atoms with Crippen LogP contribution in [0.3, 0.4) is 0 Å². The van der Waals surface area contributed by atoms with E-state index in [1.807, 2.05) is 36.4 Å². The van der Waals surface area contributed by atoms with Crippen LogP contribution in [0, 0.1) is 0 Å². The van der Waals surface area contributed by atoms with Crippen molar-refractivity contribution in [3.63, 3.8) is 0 Å². The summed E-state index contributed by atoms with van der Waals surface area (Å²) in [6.07, 6.45) is 0. The molecule has 1 N–H and O–H groups in total. The van der Waals surface area contributed by atoms with Gasteiger partial charge in [-0.3, -0.25) is 4.79 Å². The molecule has 0 bridgehead atoms. The van der Waals surface area contributed by atoms with Crippen LogP contribution >= 0.6 is 15.9 Å². The van der Waals surface area contributed by atoms with Crippen LogP contribution in [0.4, 0.5) is 5.69 Å². The van der Waals surface area contributed by atoms with Crippen LogP contribution < -0.4 is 5.32 Å². The van der Waals surface area contributed by atoms with E-state index in [0.29, 0.717) is 13.1 Å². The number of hydrogen-bond donors (Lipinski definition) is 1. The molecule has 5 heteroatoms. The lowest BCUT2D eigenvalue weighted by atomic mass is 10.2. The van der Waals surface area contributed by atoms with Gasteiger partial charge in [0.05, 0.1) is 6.54 Å². The van der Waals surface area contributed by atoms with Crippen molar-refractivity contribution in [2.24, 2.45) is 0 Å². The van der Waals surface area contributed by atoms with Gasteiger partial charge in [-0.2, -0.15) is 0 Å². The van der Waals surface area contributed by atoms with Crippen molar-refractivity contribution >= 4 is 27.5 Å². The number of hydrogen-bond acceptors (Lipinski definition) is 3. The number of benzene rings is 1. The van der Waals surface area contributed by atoms with Gasteiger partial charge in [0.25, 0.3) is 0 Å². The van der Waals surface area contributed by atoms with E-state index in [9.17, 15) is 4.79 Å². The molecule has 0 fully saturated rings. The van der Waals surface area contributed by atoms with Gasteiger partial charge in [-0.25, -0.2) is 0 Å². The summed E-state index contributed by atoms with van der Waals surface area (Å²) < 4.78 is 6.16. The first-order valence-electron chi connectivity index (χ1n) is 6.33. The fourth-order valence-corrected chi connectivity index (χ4v) is 2.14. The molecule has 0 aliphatic heterocycles. The number of nitrogens with one attached hydrogen (secondary N) is 1. The summed E-state index contributed by atoms with van der Waals surface area (Å²) in [6.45, 7) is 2.80. The Morgan fingerprint density at radius 2 is 2.15 bits per heavy atom. The predicted octanol–water partition coefficient (Wildman–Crippen LogP) is 3.63. The molecule has 1 amide bonds. The van der Waals surface area contributed by atoms with E-state index in [4.69, 9.17) is 4.42 Å². The average Bonchev–Trinajstić information content (AvgIpc) is 2.82. The molecule has 0 unspecified atom stereocenters. The second kappa shape index (κ2) is 6.61. The predicted molar refractivity (Wildman–Crippen MR) is 82.3 cm³/mol. The molecular weight excluding hydrogens is 320 g/mol. The summed E-state index contributed by atoms with van der Waals surface area (Å²) in [4.78, 5) is 12.9. The van der Waals surface area contributed by atoms with Crippen molar-refractivity contribution in [1.29, 1.82) is 0 Å². The zero-order chi connectivity index (χ0) is 14.5. The highest BCUT2D eigenvalue weighted by molar-refractivity contribution is 9.10. The van der Waals surface area contributed by atoms with Crippen LogP contribution in [-0.2, 0) is 17.9 Å². The van der Waals surface area contributed by atoms with Crippen LogP contribution in [0.5, 0.6) is 0 Å². The normalized spacial score (nSPS) is 10.3. The summed E-state index contributed by atoms with van der Waals surface area (Å²) in [5.74, 6) is 0.923. The molecule has 0 atom stereocenters. The topological polar surface area (TPSA) is 45.5 Å². The number of anilines is 1. The minimum absolute atomic E-state index is 0.0591. The quantitative estimate of drug-likeness (QED) is 0.906. The molecule has 2 rings (SSSR count). The van der Waals surface area contributed by atoms with Gasteiger partial charge in [-0.1, -0.05) is 12.1 Å². The molecule has 0 saturated carbocycles. The molecule has 1 aromatic carbocycles. The number of rotatable bonds is 5. The van der Waals surface area contributed by atoms with E-state index in [1.54, 1.807) is 18.9 Å². The summed E-state index contributed by atoms with van der Waals surface area (Å²) >= 11 is 3.28. The molecule has 20 heavy (non-hydrogen) atoms. The monoisotopic (exact) mass is 336 g/mol. The fraction of sp³-hybridized carbons (Fsp3) is 0.267. The van der Waals surface area contributed by atoms with E-state index < -0.39 is 0 Å². The van der Waals surface area contributed by atoms with Crippen LogP contribution in [0.15, 0.2) is 45.5 Å². The van der Waals surface area contributed by atoms with Gasteiger partial charge in [0.2, 0.25) is 5.91 Å². The van der Waals surface area contributed by atoms with E-state index in [-0.39, 0.29) is 5.91 Å².